The van der Waals surface area contributed by atoms with Crippen molar-refractivity contribution < 1.29 is 9.59 Å². The van der Waals surface area contributed by atoms with E-state index in [1.54, 1.807) is 13.8 Å². The normalized spacial score (nSPS) is 13.8. The van der Waals surface area contributed by atoms with Crippen molar-refractivity contribution in [2.24, 2.45) is 0 Å². The first-order valence-electron chi connectivity index (χ1n) is 11.9. The van der Waals surface area contributed by atoms with E-state index in [-0.39, 0.29) is 11.6 Å². The Morgan fingerprint density at radius 3 is 1.29 bits per heavy atom. The Labute approximate surface area is 205 Å². The Balaban J connectivity index is 1.29. The molecule has 172 valence electrons. The van der Waals surface area contributed by atoms with Gasteiger partial charge in [-0.05, 0) is 71.5 Å². The predicted molar refractivity (Wildman–Crippen MR) is 141 cm³/mol. The summed E-state index contributed by atoms with van der Waals surface area (Å²) in [6, 6.07) is 29.1. The van der Waals surface area contributed by atoms with E-state index >= 15 is 0 Å². The van der Waals surface area contributed by atoms with Gasteiger partial charge < -0.3 is 9.80 Å². The van der Waals surface area contributed by atoms with Gasteiger partial charge in [0.15, 0.2) is 11.6 Å². The highest BCUT2D eigenvalue weighted by Crippen LogP contribution is 2.40. The number of rotatable bonds is 4. The second-order valence-corrected chi connectivity index (χ2v) is 9.49. The van der Waals surface area contributed by atoms with Crippen molar-refractivity contribution >= 4 is 22.9 Å². The van der Waals surface area contributed by atoms with Crippen molar-refractivity contribution in [2.45, 2.75) is 26.9 Å². The first-order chi connectivity index (χ1) is 17.0. The van der Waals surface area contributed by atoms with Gasteiger partial charge in [-0.3, -0.25) is 9.59 Å². The summed E-state index contributed by atoms with van der Waals surface area (Å²) in [5.41, 5.74) is 11.3. The Hall–Kier alpha value is -4.18. The van der Waals surface area contributed by atoms with E-state index < -0.39 is 0 Å². The lowest BCUT2D eigenvalue weighted by Gasteiger charge is -2.45. The number of fused-ring (bicyclic) bond motifs is 6. The van der Waals surface area contributed by atoms with Crippen molar-refractivity contribution in [2.75, 3.05) is 16.5 Å². The molecule has 4 aromatic carbocycles. The van der Waals surface area contributed by atoms with Crippen molar-refractivity contribution in [3.63, 3.8) is 0 Å². The number of nitrogens with zero attached hydrogens (tertiary/aromatic N) is 2. The van der Waals surface area contributed by atoms with Crippen LogP contribution < -0.4 is 9.80 Å². The molecule has 0 aromatic heterocycles. The third-order valence-electron chi connectivity index (χ3n) is 7.15. The number of carbonyl (C=O) groups excluding carboxylic acids is 2. The Morgan fingerprint density at radius 1 is 0.543 bits per heavy atom. The highest BCUT2D eigenvalue weighted by Gasteiger charge is 2.29. The van der Waals surface area contributed by atoms with Gasteiger partial charge in [0.05, 0.1) is 6.67 Å². The monoisotopic (exact) mass is 458 g/mol. The second kappa shape index (κ2) is 8.24. The number of benzene rings is 4. The minimum absolute atomic E-state index is 0.0883. The molecule has 2 heterocycles. The molecule has 0 amide bonds. The molecule has 2 bridgehead atoms. The van der Waals surface area contributed by atoms with E-state index in [1.165, 1.54) is 33.6 Å². The van der Waals surface area contributed by atoms with Crippen LogP contribution in [-0.4, -0.2) is 18.2 Å². The molecule has 0 radical (unpaired) electrons. The summed E-state index contributed by atoms with van der Waals surface area (Å²) in [5, 5.41) is 0. The van der Waals surface area contributed by atoms with Crippen LogP contribution in [0.2, 0.25) is 0 Å². The molecule has 35 heavy (non-hydrogen) atoms. The van der Waals surface area contributed by atoms with Gasteiger partial charge in [0.25, 0.3) is 0 Å². The first-order valence-corrected chi connectivity index (χ1v) is 11.9. The maximum Gasteiger partial charge on any atom is 0.159 e. The number of Topliss-reactive ketones (excluding diaryl/α,β-unsaturated/α-hetero) is 2. The lowest BCUT2D eigenvalue weighted by atomic mass is 9.95. The molecule has 0 saturated carbocycles. The van der Waals surface area contributed by atoms with Crippen LogP contribution in [0.1, 0.15) is 45.7 Å². The van der Waals surface area contributed by atoms with E-state index in [0.29, 0.717) is 0 Å². The van der Waals surface area contributed by atoms with E-state index in [9.17, 15) is 9.59 Å². The number of hydrogen-bond donors (Lipinski definition) is 0. The van der Waals surface area contributed by atoms with Crippen LogP contribution in [0.5, 0.6) is 0 Å². The van der Waals surface area contributed by atoms with Gasteiger partial charge in [-0.25, -0.2) is 0 Å². The van der Waals surface area contributed by atoms with Gasteiger partial charge in [-0.2, -0.15) is 0 Å². The standard InChI is InChI=1S/C31H26N2O2/c1-20(34)22-3-7-24(8-4-22)26-11-13-30-28(15-26)17-32-19-33(30)18-29-16-27(12-14-31(29)32)25-9-5-23(6-10-25)21(2)35/h3-16H,17-19H2,1-2H3. The predicted octanol–water partition coefficient (Wildman–Crippen LogP) is 6.72. The minimum Gasteiger partial charge on any atom is -0.349 e. The number of hydrogen-bond acceptors (Lipinski definition) is 4. The third kappa shape index (κ3) is 3.81. The molecule has 0 fully saturated rings. The Bertz CT molecular complexity index is 1360. The van der Waals surface area contributed by atoms with Crippen LogP contribution in [0.4, 0.5) is 11.4 Å². The maximum absolute atomic E-state index is 11.6. The highest BCUT2D eigenvalue weighted by molar-refractivity contribution is 5.95. The van der Waals surface area contributed by atoms with Gasteiger partial charge in [-0.15, -0.1) is 0 Å². The SMILES string of the molecule is CC(=O)c1ccc(-c2ccc3c(c2)CN2CN3Cc3cc(-c4ccc(C(C)=O)cc4)ccc32)cc1. The summed E-state index contributed by atoms with van der Waals surface area (Å²) in [6.07, 6.45) is 0. The lowest BCUT2D eigenvalue weighted by Crippen LogP contribution is -2.46. The largest absolute Gasteiger partial charge is 0.349 e. The van der Waals surface area contributed by atoms with Gasteiger partial charge in [-0.1, -0.05) is 60.7 Å². The van der Waals surface area contributed by atoms with Gasteiger partial charge in [0, 0.05) is 35.6 Å². The van der Waals surface area contributed by atoms with E-state index in [4.69, 9.17) is 0 Å². The van der Waals surface area contributed by atoms with Crippen LogP contribution in [0.3, 0.4) is 0 Å². The molecule has 0 aliphatic carbocycles. The van der Waals surface area contributed by atoms with Crippen LogP contribution in [0.25, 0.3) is 22.3 Å². The van der Waals surface area contributed by atoms with Crippen molar-refractivity contribution in [1.82, 2.24) is 0 Å². The molecule has 0 spiro atoms. The zero-order valence-corrected chi connectivity index (χ0v) is 19.9. The maximum atomic E-state index is 11.6. The molecule has 0 saturated heterocycles. The highest BCUT2D eigenvalue weighted by atomic mass is 16.1. The fourth-order valence-electron chi connectivity index (χ4n) is 5.24. The minimum atomic E-state index is 0.0883. The third-order valence-corrected chi connectivity index (χ3v) is 7.15. The quantitative estimate of drug-likeness (QED) is 0.318. The average Bonchev–Trinajstić information content (AvgIpc) is 2.88. The van der Waals surface area contributed by atoms with E-state index in [1.807, 2.05) is 48.5 Å². The molecule has 4 aromatic rings. The molecule has 6 rings (SSSR count). The lowest BCUT2D eigenvalue weighted by molar-refractivity contribution is 0.100. The Kier molecular flexibility index (Phi) is 5.03. The van der Waals surface area contributed by atoms with Gasteiger partial charge in [0.2, 0.25) is 0 Å². The van der Waals surface area contributed by atoms with Crippen LogP contribution >= 0.6 is 0 Å². The summed E-state index contributed by atoms with van der Waals surface area (Å²) < 4.78 is 0. The molecule has 0 unspecified atom stereocenters. The van der Waals surface area contributed by atoms with Crippen molar-refractivity contribution in [3.8, 4) is 22.3 Å². The number of carbonyl (C=O) groups is 2. The molecule has 0 atom stereocenters. The summed E-state index contributed by atoms with van der Waals surface area (Å²) in [5.74, 6) is 0.177. The number of anilines is 2. The fraction of sp³-hybridized carbons (Fsp3) is 0.161. The smallest absolute Gasteiger partial charge is 0.159 e. The van der Waals surface area contributed by atoms with Gasteiger partial charge in [0.1, 0.15) is 0 Å². The molecular weight excluding hydrogens is 432 g/mol. The van der Waals surface area contributed by atoms with E-state index in [2.05, 4.69) is 46.2 Å². The molecule has 4 nitrogen and oxygen atoms in total. The number of ketones is 2. The van der Waals surface area contributed by atoms with Crippen LogP contribution in [0.15, 0.2) is 84.9 Å². The summed E-state index contributed by atoms with van der Waals surface area (Å²) in [6.45, 7) is 5.82. The van der Waals surface area contributed by atoms with E-state index in [0.717, 1.165) is 42.0 Å². The van der Waals surface area contributed by atoms with Crippen molar-refractivity contribution in [3.05, 3.63) is 107 Å². The van der Waals surface area contributed by atoms with Gasteiger partial charge >= 0.3 is 0 Å². The first kappa shape index (κ1) is 21.4. The zero-order valence-electron chi connectivity index (χ0n) is 19.9. The zero-order chi connectivity index (χ0) is 24.1. The topological polar surface area (TPSA) is 40.6 Å². The molecule has 0 N–H and O–H groups in total. The second-order valence-electron chi connectivity index (χ2n) is 9.49. The summed E-state index contributed by atoms with van der Waals surface area (Å²) in [7, 11) is 0. The molecular formula is C31H26N2O2. The molecule has 2 aliphatic rings. The fourth-order valence-corrected chi connectivity index (χ4v) is 5.24. The molecule has 2 aliphatic heterocycles. The molecule has 4 heteroatoms. The Morgan fingerprint density at radius 2 is 0.914 bits per heavy atom. The summed E-state index contributed by atoms with van der Waals surface area (Å²) in [4.78, 5) is 28.1. The summed E-state index contributed by atoms with van der Waals surface area (Å²) >= 11 is 0. The van der Waals surface area contributed by atoms with Crippen LogP contribution in [0, 0.1) is 0 Å². The van der Waals surface area contributed by atoms with Crippen molar-refractivity contribution in [1.29, 1.82) is 0 Å². The average molecular weight is 459 g/mol. The van der Waals surface area contributed by atoms with Crippen LogP contribution in [-0.2, 0) is 13.1 Å².